The van der Waals surface area contributed by atoms with Crippen LogP contribution in [-0.4, -0.2) is 50.1 Å². The quantitative estimate of drug-likeness (QED) is 0.470. The molecule has 0 fully saturated rings. The number of nitrogens with one attached hydrogen (secondary N) is 1. The number of carbonyl (C=O) groups is 2. The lowest BCUT2D eigenvalue weighted by Gasteiger charge is -2.19. The molecule has 0 spiro atoms. The molecule has 1 heterocycles. The molecular formula is C19H18BN3O5. The van der Waals surface area contributed by atoms with Gasteiger partial charge in [0.15, 0.2) is 0 Å². The second kappa shape index (κ2) is 8.16. The van der Waals surface area contributed by atoms with Crippen LogP contribution in [-0.2, 0) is 6.42 Å². The van der Waals surface area contributed by atoms with E-state index >= 15 is 0 Å². The van der Waals surface area contributed by atoms with Crippen LogP contribution in [0, 0.1) is 6.92 Å². The molecule has 28 heavy (non-hydrogen) atoms. The van der Waals surface area contributed by atoms with Gasteiger partial charge in [0.1, 0.15) is 5.69 Å². The number of aromatic carboxylic acids is 1. The summed E-state index contributed by atoms with van der Waals surface area (Å²) in [5.41, 5.74) is 2.43. The fourth-order valence-corrected chi connectivity index (χ4v) is 2.91. The summed E-state index contributed by atoms with van der Waals surface area (Å²) in [5, 5.41) is 31.2. The summed E-state index contributed by atoms with van der Waals surface area (Å²) >= 11 is 0. The fraction of sp³-hybridized carbons (Fsp3) is 0.158. The zero-order valence-electron chi connectivity index (χ0n) is 15.0. The lowest BCUT2D eigenvalue weighted by atomic mass is 9.75. The standard InChI is InChI=1S/C19H18BN3O5/c1-11-12(5-4-6-13(11)19(25)26)9-17(20(27)28)23-18(24)16-10-21-14-7-2-3-8-15(14)22-16/h2-8,10,17,27-28H,9H2,1H3,(H,23,24)(H,25,26). The Labute approximate surface area is 161 Å². The molecule has 0 saturated heterocycles. The molecule has 0 radical (unpaired) electrons. The summed E-state index contributed by atoms with van der Waals surface area (Å²) in [6, 6.07) is 11.8. The van der Waals surface area contributed by atoms with Gasteiger partial charge >= 0.3 is 13.1 Å². The van der Waals surface area contributed by atoms with Gasteiger partial charge in [-0.15, -0.1) is 0 Å². The number of benzene rings is 2. The van der Waals surface area contributed by atoms with Crippen molar-refractivity contribution in [2.75, 3.05) is 0 Å². The normalized spacial score (nSPS) is 11.8. The fourth-order valence-electron chi connectivity index (χ4n) is 2.91. The third-order valence-electron chi connectivity index (χ3n) is 4.47. The molecule has 142 valence electrons. The van der Waals surface area contributed by atoms with E-state index in [0.29, 0.717) is 22.2 Å². The Hall–Kier alpha value is -3.30. The van der Waals surface area contributed by atoms with Crippen LogP contribution in [0.2, 0.25) is 0 Å². The number of hydrogen-bond acceptors (Lipinski definition) is 6. The number of carbonyl (C=O) groups excluding carboxylic acids is 1. The summed E-state index contributed by atoms with van der Waals surface area (Å²) in [4.78, 5) is 32.2. The maximum atomic E-state index is 12.5. The summed E-state index contributed by atoms with van der Waals surface area (Å²) in [5.74, 6) is -2.73. The van der Waals surface area contributed by atoms with Crippen LogP contribution in [0.5, 0.6) is 0 Å². The van der Waals surface area contributed by atoms with Gasteiger partial charge in [0.05, 0.1) is 28.7 Å². The van der Waals surface area contributed by atoms with E-state index in [0.717, 1.165) is 0 Å². The number of carboxylic acid groups (broad SMARTS) is 1. The first-order chi connectivity index (χ1) is 13.4. The molecule has 3 rings (SSSR count). The average Bonchev–Trinajstić information content (AvgIpc) is 2.68. The molecule has 1 unspecified atom stereocenters. The van der Waals surface area contributed by atoms with Gasteiger partial charge in [-0.25, -0.2) is 9.78 Å². The molecule has 3 aromatic rings. The zero-order chi connectivity index (χ0) is 20.3. The van der Waals surface area contributed by atoms with Crippen LogP contribution in [0.25, 0.3) is 11.0 Å². The van der Waals surface area contributed by atoms with Gasteiger partial charge in [-0.2, -0.15) is 0 Å². The molecule has 0 bridgehead atoms. The van der Waals surface area contributed by atoms with E-state index in [2.05, 4.69) is 15.3 Å². The molecule has 8 nitrogen and oxygen atoms in total. The smallest absolute Gasteiger partial charge is 0.475 e. The number of rotatable bonds is 6. The highest BCUT2D eigenvalue weighted by atomic mass is 16.4. The zero-order valence-corrected chi connectivity index (χ0v) is 15.0. The summed E-state index contributed by atoms with van der Waals surface area (Å²) in [6.45, 7) is 1.64. The minimum atomic E-state index is -1.84. The third kappa shape index (κ3) is 4.16. The number of hydrogen-bond donors (Lipinski definition) is 4. The Morgan fingerprint density at radius 3 is 2.50 bits per heavy atom. The van der Waals surface area contributed by atoms with Crippen LogP contribution in [0.4, 0.5) is 0 Å². The molecule has 1 atom stereocenters. The number of aromatic nitrogens is 2. The Morgan fingerprint density at radius 2 is 1.82 bits per heavy atom. The Bertz CT molecular complexity index is 1040. The summed E-state index contributed by atoms with van der Waals surface area (Å²) in [6.07, 6.45) is 1.35. The average molecular weight is 379 g/mol. The van der Waals surface area contributed by atoms with E-state index in [1.54, 1.807) is 37.3 Å². The number of para-hydroxylation sites is 2. The van der Waals surface area contributed by atoms with Crippen molar-refractivity contribution in [2.24, 2.45) is 0 Å². The predicted octanol–water partition coefficient (Wildman–Crippen LogP) is 0.990. The number of carboxylic acids is 1. The van der Waals surface area contributed by atoms with E-state index in [9.17, 15) is 24.7 Å². The maximum absolute atomic E-state index is 12.5. The van der Waals surface area contributed by atoms with E-state index in [1.807, 2.05) is 6.07 Å². The second-order valence-electron chi connectivity index (χ2n) is 6.34. The third-order valence-corrected chi connectivity index (χ3v) is 4.47. The molecule has 0 aliphatic carbocycles. The van der Waals surface area contributed by atoms with E-state index in [1.165, 1.54) is 12.3 Å². The molecule has 0 aliphatic rings. The highest BCUT2D eigenvalue weighted by Crippen LogP contribution is 2.16. The van der Waals surface area contributed by atoms with Crippen molar-refractivity contribution < 1.29 is 24.7 Å². The Kier molecular flexibility index (Phi) is 5.67. The van der Waals surface area contributed by atoms with Crippen LogP contribution in [0.15, 0.2) is 48.7 Å². The lowest BCUT2D eigenvalue weighted by Crippen LogP contribution is -2.48. The first kappa shape index (κ1) is 19.5. The SMILES string of the molecule is Cc1c(CC(NC(=O)c2cnc3ccccc3n2)B(O)O)cccc1C(=O)O. The van der Waals surface area contributed by atoms with Crippen molar-refractivity contribution in [2.45, 2.75) is 19.3 Å². The summed E-state index contributed by atoms with van der Waals surface area (Å²) < 4.78 is 0. The van der Waals surface area contributed by atoms with Crippen molar-refractivity contribution in [3.63, 3.8) is 0 Å². The molecule has 0 saturated carbocycles. The van der Waals surface area contributed by atoms with Crippen LogP contribution >= 0.6 is 0 Å². The van der Waals surface area contributed by atoms with Gasteiger partial charge in [0, 0.05) is 0 Å². The van der Waals surface area contributed by atoms with E-state index in [-0.39, 0.29) is 17.7 Å². The van der Waals surface area contributed by atoms with Crippen molar-refractivity contribution in [1.29, 1.82) is 0 Å². The highest BCUT2D eigenvalue weighted by Gasteiger charge is 2.27. The Balaban J connectivity index is 1.82. The summed E-state index contributed by atoms with van der Waals surface area (Å²) in [7, 11) is -1.84. The molecule has 1 aromatic heterocycles. The molecule has 1 amide bonds. The molecule has 9 heteroatoms. The Morgan fingerprint density at radius 1 is 1.11 bits per heavy atom. The van der Waals surface area contributed by atoms with Crippen molar-refractivity contribution >= 4 is 30.0 Å². The van der Waals surface area contributed by atoms with E-state index in [4.69, 9.17) is 0 Å². The van der Waals surface area contributed by atoms with Crippen LogP contribution in [0.1, 0.15) is 32.0 Å². The lowest BCUT2D eigenvalue weighted by molar-refractivity contribution is 0.0695. The minimum Gasteiger partial charge on any atom is -0.478 e. The molecule has 2 aromatic carbocycles. The van der Waals surface area contributed by atoms with Gasteiger partial charge in [0.2, 0.25) is 0 Å². The highest BCUT2D eigenvalue weighted by molar-refractivity contribution is 6.43. The van der Waals surface area contributed by atoms with Gasteiger partial charge in [0.25, 0.3) is 5.91 Å². The van der Waals surface area contributed by atoms with Crippen LogP contribution < -0.4 is 5.32 Å². The maximum Gasteiger partial charge on any atom is 0.475 e. The minimum absolute atomic E-state index is 0.0391. The predicted molar refractivity (Wildman–Crippen MR) is 103 cm³/mol. The molecular weight excluding hydrogens is 361 g/mol. The first-order valence-corrected chi connectivity index (χ1v) is 8.57. The topological polar surface area (TPSA) is 133 Å². The number of amides is 1. The van der Waals surface area contributed by atoms with Crippen LogP contribution in [0.3, 0.4) is 0 Å². The van der Waals surface area contributed by atoms with Crippen molar-refractivity contribution in [3.8, 4) is 0 Å². The van der Waals surface area contributed by atoms with Gasteiger partial charge < -0.3 is 20.5 Å². The van der Waals surface area contributed by atoms with Crippen molar-refractivity contribution in [1.82, 2.24) is 15.3 Å². The van der Waals surface area contributed by atoms with E-state index < -0.39 is 24.9 Å². The number of nitrogens with zero attached hydrogens (tertiary/aromatic N) is 2. The second-order valence-corrected chi connectivity index (χ2v) is 6.34. The van der Waals surface area contributed by atoms with Gasteiger partial charge in [-0.1, -0.05) is 24.3 Å². The van der Waals surface area contributed by atoms with Gasteiger partial charge in [-0.3, -0.25) is 9.78 Å². The number of fused-ring (bicyclic) bond motifs is 1. The molecule has 0 aliphatic heterocycles. The van der Waals surface area contributed by atoms with Crippen molar-refractivity contribution in [3.05, 3.63) is 71.0 Å². The van der Waals surface area contributed by atoms with Gasteiger partial charge in [-0.05, 0) is 42.7 Å². The largest absolute Gasteiger partial charge is 0.478 e. The monoisotopic (exact) mass is 379 g/mol. The first-order valence-electron chi connectivity index (χ1n) is 8.57. The molecule has 4 N–H and O–H groups in total.